The first-order chi connectivity index (χ1) is 10.9. The third-order valence-electron chi connectivity index (χ3n) is 3.34. The van der Waals surface area contributed by atoms with Crippen LogP contribution in [0.25, 0.3) is 0 Å². The molecule has 0 bridgehead atoms. The van der Waals surface area contributed by atoms with Gasteiger partial charge in [0.1, 0.15) is 0 Å². The van der Waals surface area contributed by atoms with E-state index in [1.54, 1.807) is 4.47 Å². The van der Waals surface area contributed by atoms with Crippen molar-refractivity contribution in [2.45, 2.75) is 39.0 Å². The van der Waals surface area contributed by atoms with E-state index in [1.165, 1.54) is 41.0 Å². The van der Waals surface area contributed by atoms with Crippen molar-refractivity contribution in [2.75, 3.05) is 0 Å². The summed E-state index contributed by atoms with van der Waals surface area (Å²) in [5, 5.41) is 0. The molecule has 2 aromatic rings. The molecule has 0 radical (unpaired) electrons. The molecule has 0 aliphatic rings. The molecular weight excluding hydrogens is 398 g/mol. The summed E-state index contributed by atoms with van der Waals surface area (Å²) in [5.41, 5.74) is 0. The number of allylic oxidation sites excluding steroid dienone is 1. The first-order valence-corrected chi connectivity index (χ1v) is 11.6. The van der Waals surface area contributed by atoms with Gasteiger partial charge in [0.15, 0.2) is 0 Å². The summed E-state index contributed by atoms with van der Waals surface area (Å²) in [6, 6.07) is 21.9. The van der Waals surface area contributed by atoms with Crippen LogP contribution in [-0.2, 0) is 0 Å². The van der Waals surface area contributed by atoms with Gasteiger partial charge in [0, 0.05) is 0 Å². The fraction of sp³-hybridized carbons (Fsp3) is 0.300. The first-order valence-electron chi connectivity index (χ1n) is 8.02. The summed E-state index contributed by atoms with van der Waals surface area (Å²) < 4.78 is 4.66. The van der Waals surface area contributed by atoms with E-state index in [0.717, 1.165) is 0 Å². The molecule has 0 saturated carbocycles. The van der Waals surface area contributed by atoms with Crippen LogP contribution in [0.2, 0.25) is 0 Å². The van der Waals surface area contributed by atoms with Crippen molar-refractivity contribution in [3.63, 3.8) is 0 Å². The maximum absolute atomic E-state index is 2.54. The van der Waals surface area contributed by atoms with Gasteiger partial charge < -0.3 is 0 Å². The normalized spacial score (nSPS) is 11.6. The van der Waals surface area contributed by atoms with Gasteiger partial charge in [-0.25, -0.2) is 0 Å². The maximum atomic E-state index is 2.54. The van der Waals surface area contributed by atoms with Gasteiger partial charge in [0.25, 0.3) is 0 Å². The Morgan fingerprint density at radius 2 is 1.45 bits per heavy atom. The van der Waals surface area contributed by atoms with Crippen LogP contribution in [0.1, 0.15) is 39.0 Å². The molecule has 0 amide bonds. The van der Waals surface area contributed by atoms with Gasteiger partial charge in [-0.2, -0.15) is 0 Å². The molecular formula is C20H24Se2. The van der Waals surface area contributed by atoms with Crippen molar-refractivity contribution in [2.24, 2.45) is 0 Å². The summed E-state index contributed by atoms with van der Waals surface area (Å²) >= 11 is 0.960. The molecule has 0 aliphatic heterocycles. The molecule has 116 valence electrons. The molecule has 22 heavy (non-hydrogen) atoms. The van der Waals surface area contributed by atoms with E-state index in [-0.39, 0.29) is 0 Å². The van der Waals surface area contributed by atoms with E-state index in [4.69, 9.17) is 0 Å². The fourth-order valence-electron chi connectivity index (χ4n) is 2.13. The molecule has 0 fully saturated rings. The van der Waals surface area contributed by atoms with Gasteiger partial charge in [-0.15, -0.1) is 0 Å². The zero-order chi connectivity index (χ0) is 15.5. The summed E-state index contributed by atoms with van der Waals surface area (Å²) in [6.45, 7) is 2.28. The zero-order valence-electron chi connectivity index (χ0n) is 13.2. The predicted octanol–water partition coefficient (Wildman–Crippen LogP) is 3.86. The Labute approximate surface area is 147 Å². The van der Waals surface area contributed by atoms with Crippen molar-refractivity contribution < 1.29 is 0 Å². The van der Waals surface area contributed by atoms with Crippen molar-refractivity contribution in [1.82, 2.24) is 0 Å². The van der Waals surface area contributed by atoms with E-state index in [9.17, 15) is 0 Å². The summed E-state index contributed by atoms with van der Waals surface area (Å²) in [5.74, 6) is 0. The molecule has 0 N–H and O–H groups in total. The molecule has 0 heterocycles. The van der Waals surface area contributed by atoms with Crippen LogP contribution in [0.15, 0.2) is 70.1 Å². The zero-order valence-corrected chi connectivity index (χ0v) is 16.6. The topological polar surface area (TPSA) is 0 Å². The standard InChI is InChI=1S/C20H24Se2/c1-2-3-4-7-16-20(22-19-14-10-6-11-15-19)17-21-18-12-8-5-9-13-18/h5-6,8-15,17H,2-4,7,16H2,1H3/b20-17-. The van der Waals surface area contributed by atoms with Crippen LogP contribution in [0.5, 0.6) is 0 Å². The van der Waals surface area contributed by atoms with Gasteiger partial charge >= 0.3 is 148 Å². The molecule has 2 aromatic carbocycles. The second-order valence-corrected chi connectivity index (χ2v) is 9.74. The van der Waals surface area contributed by atoms with Crippen molar-refractivity contribution in [3.8, 4) is 0 Å². The number of rotatable bonds is 9. The van der Waals surface area contributed by atoms with E-state index < -0.39 is 0 Å². The van der Waals surface area contributed by atoms with E-state index >= 15 is 0 Å². The Balaban J connectivity index is 1.97. The van der Waals surface area contributed by atoms with E-state index in [0.29, 0.717) is 29.9 Å². The second-order valence-electron chi connectivity index (χ2n) is 5.24. The van der Waals surface area contributed by atoms with Crippen LogP contribution in [0, 0.1) is 0 Å². The van der Waals surface area contributed by atoms with Crippen LogP contribution in [0.3, 0.4) is 0 Å². The van der Waals surface area contributed by atoms with Crippen molar-refractivity contribution in [3.05, 3.63) is 70.1 Å². The Morgan fingerprint density at radius 3 is 2.09 bits per heavy atom. The van der Waals surface area contributed by atoms with Crippen molar-refractivity contribution in [1.29, 1.82) is 0 Å². The van der Waals surface area contributed by atoms with Crippen molar-refractivity contribution >= 4 is 38.8 Å². The second kappa shape index (κ2) is 10.9. The monoisotopic (exact) mass is 424 g/mol. The van der Waals surface area contributed by atoms with E-state index in [2.05, 4.69) is 72.6 Å². The third-order valence-corrected chi connectivity index (χ3v) is 8.37. The Bertz CT molecular complexity index is 546. The fourth-order valence-corrected chi connectivity index (χ4v) is 6.52. The summed E-state index contributed by atoms with van der Waals surface area (Å²) in [7, 11) is 0. The Kier molecular flexibility index (Phi) is 8.68. The third kappa shape index (κ3) is 6.99. The van der Waals surface area contributed by atoms with Crippen LogP contribution in [0.4, 0.5) is 0 Å². The molecule has 0 saturated heterocycles. The number of hydrogen-bond donors (Lipinski definition) is 0. The average Bonchev–Trinajstić information content (AvgIpc) is 2.58. The number of unbranched alkanes of at least 4 members (excludes halogenated alkanes) is 3. The number of benzene rings is 2. The van der Waals surface area contributed by atoms with E-state index in [1.807, 2.05) is 0 Å². The van der Waals surface area contributed by atoms with Gasteiger partial charge in [-0.3, -0.25) is 0 Å². The molecule has 0 nitrogen and oxygen atoms in total. The Morgan fingerprint density at radius 1 is 0.818 bits per heavy atom. The predicted molar refractivity (Wildman–Crippen MR) is 101 cm³/mol. The molecule has 0 aromatic heterocycles. The van der Waals surface area contributed by atoms with Crippen LogP contribution < -0.4 is 8.92 Å². The van der Waals surface area contributed by atoms with Gasteiger partial charge in [-0.1, -0.05) is 0 Å². The van der Waals surface area contributed by atoms with Crippen LogP contribution in [-0.4, -0.2) is 29.9 Å². The molecule has 2 rings (SSSR count). The number of hydrogen-bond acceptors (Lipinski definition) is 0. The SMILES string of the molecule is CCCCCC/C(=C/[Se]c1ccccc1)[Se]c1ccccc1. The molecule has 0 unspecified atom stereocenters. The molecule has 0 atom stereocenters. The minimum atomic E-state index is 0.470. The average molecular weight is 422 g/mol. The Hall–Kier alpha value is -0.781. The molecule has 0 aliphatic carbocycles. The molecule has 0 spiro atoms. The first kappa shape index (κ1) is 17.6. The van der Waals surface area contributed by atoms with Crippen LogP contribution >= 0.6 is 0 Å². The van der Waals surface area contributed by atoms with Gasteiger partial charge in [0.05, 0.1) is 0 Å². The molecule has 2 heteroatoms. The van der Waals surface area contributed by atoms with Gasteiger partial charge in [-0.05, 0) is 0 Å². The minimum absolute atomic E-state index is 0.470. The summed E-state index contributed by atoms with van der Waals surface area (Å²) in [6.07, 6.45) is 6.69. The quantitative estimate of drug-likeness (QED) is 0.426. The summed E-state index contributed by atoms with van der Waals surface area (Å²) in [4.78, 5) is 2.54. The van der Waals surface area contributed by atoms with Gasteiger partial charge in [0.2, 0.25) is 0 Å².